The predicted octanol–water partition coefficient (Wildman–Crippen LogP) is 1.99. The number of likely N-dealkylation sites (tertiary alicyclic amines) is 1. The van der Waals surface area contributed by atoms with Crippen LogP contribution in [0.2, 0.25) is 0 Å². The van der Waals surface area contributed by atoms with Crippen molar-refractivity contribution in [3.63, 3.8) is 0 Å². The minimum absolute atomic E-state index is 0.185. The van der Waals surface area contributed by atoms with Gasteiger partial charge in [-0.1, -0.05) is 30.3 Å². The fraction of sp³-hybridized carbons (Fsp3) is 0.533. The van der Waals surface area contributed by atoms with Crippen LogP contribution in [0.25, 0.3) is 0 Å². The summed E-state index contributed by atoms with van der Waals surface area (Å²) < 4.78 is 0. The Morgan fingerprint density at radius 2 is 2.11 bits per heavy atom. The van der Waals surface area contributed by atoms with Gasteiger partial charge in [0.25, 0.3) is 0 Å². The highest BCUT2D eigenvalue weighted by Gasteiger charge is 2.21. The molecule has 1 N–H and O–H groups in total. The summed E-state index contributed by atoms with van der Waals surface area (Å²) in [4.78, 5) is 13.8. The topological polar surface area (TPSA) is 40.5 Å². The summed E-state index contributed by atoms with van der Waals surface area (Å²) in [5.41, 5.74) is 1.28. The first kappa shape index (κ1) is 13.1. The van der Waals surface area contributed by atoms with Crippen molar-refractivity contribution in [1.82, 2.24) is 4.90 Å². The zero-order chi connectivity index (χ0) is 12.8. The van der Waals surface area contributed by atoms with Crippen molar-refractivity contribution in [1.29, 1.82) is 0 Å². The minimum Gasteiger partial charge on any atom is -0.391 e. The minimum atomic E-state index is -0.322. The lowest BCUT2D eigenvalue weighted by Crippen LogP contribution is -2.42. The van der Waals surface area contributed by atoms with Crippen molar-refractivity contribution in [2.24, 2.45) is 0 Å². The van der Waals surface area contributed by atoms with Crippen LogP contribution in [0.4, 0.5) is 0 Å². The SMILES string of the molecule is O=C(CCCc1ccccc1)N1CCCC(O)C1. The van der Waals surface area contributed by atoms with Crippen molar-refractivity contribution < 1.29 is 9.90 Å². The van der Waals surface area contributed by atoms with Crippen LogP contribution in [0.15, 0.2) is 30.3 Å². The molecular weight excluding hydrogens is 226 g/mol. The first-order valence-electron chi connectivity index (χ1n) is 6.75. The van der Waals surface area contributed by atoms with Crippen molar-refractivity contribution >= 4 is 5.91 Å². The van der Waals surface area contributed by atoms with E-state index in [0.717, 1.165) is 32.2 Å². The molecule has 1 saturated heterocycles. The van der Waals surface area contributed by atoms with E-state index in [1.807, 2.05) is 18.2 Å². The fourth-order valence-corrected chi connectivity index (χ4v) is 2.43. The number of rotatable bonds is 4. The molecule has 0 saturated carbocycles. The van der Waals surface area contributed by atoms with E-state index in [4.69, 9.17) is 0 Å². The number of hydrogen-bond donors (Lipinski definition) is 1. The zero-order valence-electron chi connectivity index (χ0n) is 10.7. The molecule has 0 radical (unpaired) electrons. The second-order valence-electron chi connectivity index (χ2n) is 4.97. The summed E-state index contributed by atoms with van der Waals surface area (Å²) in [5.74, 6) is 0.185. The molecule has 1 aliphatic rings. The van der Waals surface area contributed by atoms with Crippen LogP contribution in [-0.4, -0.2) is 35.1 Å². The van der Waals surface area contributed by atoms with E-state index in [0.29, 0.717) is 13.0 Å². The van der Waals surface area contributed by atoms with Crippen molar-refractivity contribution in [3.8, 4) is 0 Å². The second-order valence-corrected chi connectivity index (χ2v) is 4.97. The predicted molar refractivity (Wildman–Crippen MR) is 71.2 cm³/mol. The van der Waals surface area contributed by atoms with Gasteiger partial charge in [-0.2, -0.15) is 0 Å². The van der Waals surface area contributed by atoms with Crippen molar-refractivity contribution in [3.05, 3.63) is 35.9 Å². The number of benzene rings is 1. The number of carbonyl (C=O) groups is 1. The summed E-state index contributed by atoms with van der Waals surface area (Å²) >= 11 is 0. The van der Waals surface area contributed by atoms with Gasteiger partial charge in [-0.25, -0.2) is 0 Å². The lowest BCUT2D eigenvalue weighted by molar-refractivity contribution is -0.134. The summed E-state index contributed by atoms with van der Waals surface area (Å²) in [6.07, 6.45) is 3.84. The Balaban J connectivity index is 1.71. The first-order chi connectivity index (χ1) is 8.75. The lowest BCUT2D eigenvalue weighted by atomic mass is 10.1. The first-order valence-corrected chi connectivity index (χ1v) is 6.75. The Kier molecular flexibility index (Phi) is 4.76. The van der Waals surface area contributed by atoms with Gasteiger partial charge in [-0.05, 0) is 31.2 Å². The van der Waals surface area contributed by atoms with E-state index < -0.39 is 0 Å². The maximum Gasteiger partial charge on any atom is 0.222 e. The summed E-state index contributed by atoms with van der Waals surface area (Å²) in [5, 5.41) is 9.54. The maximum atomic E-state index is 11.9. The average molecular weight is 247 g/mol. The number of amides is 1. The van der Waals surface area contributed by atoms with Gasteiger partial charge >= 0.3 is 0 Å². The second kappa shape index (κ2) is 6.55. The number of aliphatic hydroxyl groups excluding tert-OH is 1. The highest BCUT2D eigenvalue weighted by Crippen LogP contribution is 2.12. The number of β-amino-alcohol motifs (C(OH)–C–C–N with tert-alkyl or cyclic N) is 1. The molecule has 0 bridgehead atoms. The highest BCUT2D eigenvalue weighted by atomic mass is 16.3. The van der Waals surface area contributed by atoms with Gasteiger partial charge in [-0.3, -0.25) is 4.79 Å². The van der Waals surface area contributed by atoms with E-state index >= 15 is 0 Å². The molecule has 1 atom stereocenters. The van der Waals surface area contributed by atoms with Crippen molar-refractivity contribution in [2.75, 3.05) is 13.1 Å². The van der Waals surface area contributed by atoms with E-state index in [1.54, 1.807) is 4.90 Å². The Bertz CT molecular complexity index is 377. The largest absolute Gasteiger partial charge is 0.391 e. The third kappa shape index (κ3) is 3.84. The molecule has 3 heteroatoms. The molecule has 1 unspecified atom stereocenters. The Morgan fingerprint density at radius 1 is 1.33 bits per heavy atom. The van der Waals surface area contributed by atoms with Gasteiger partial charge in [0.05, 0.1) is 6.10 Å². The van der Waals surface area contributed by atoms with E-state index in [2.05, 4.69) is 12.1 Å². The molecule has 1 fully saturated rings. The summed E-state index contributed by atoms with van der Waals surface area (Å²) in [6, 6.07) is 10.2. The highest BCUT2D eigenvalue weighted by molar-refractivity contribution is 5.76. The van der Waals surface area contributed by atoms with Crippen LogP contribution in [0.3, 0.4) is 0 Å². The van der Waals surface area contributed by atoms with Crippen LogP contribution in [0, 0.1) is 0 Å². The smallest absolute Gasteiger partial charge is 0.222 e. The third-order valence-electron chi connectivity index (χ3n) is 3.45. The molecule has 1 aromatic rings. The number of aryl methyl sites for hydroxylation is 1. The molecule has 1 heterocycles. The van der Waals surface area contributed by atoms with Gasteiger partial charge in [0.1, 0.15) is 0 Å². The zero-order valence-corrected chi connectivity index (χ0v) is 10.7. The Labute approximate surface area is 108 Å². The monoisotopic (exact) mass is 247 g/mol. The number of piperidine rings is 1. The van der Waals surface area contributed by atoms with E-state index in [1.165, 1.54) is 5.56 Å². The van der Waals surface area contributed by atoms with Crippen LogP contribution < -0.4 is 0 Å². The molecule has 18 heavy (non-hydrogen) atoms. The van der Waals surface area contributed by atoms with Crippen LogP contribution >= 0.6 is 0 Å². The molecule has 1 aliphatic heterocycles. The molecular formula is C15H21NO2. The van der Waals surface area contributed by atoms with E-state index in [9.17, 15) is 9.90 Å². The number of hydrogen-bond acceptors (Lipinski definition) is 2. The Hall–Kier alpha value is -1.35. The molecule has 0 aromatic heterocycles. The summed E-state index contributed by atoms with van der Waals surface area (Å²) in [6.45, 7) is 1.32. The van der Waals surface area contributed by atoms with Gasteiger partial charge in [0, 0.05) is 19.5 Å². The normalized spacial score (nSPS) is 19.8. The van der Waals surface area contributed by atoms with Gasteiger partial charge < -0.3 is 10.0 Å². The maximum absolute atomic E-state index is 11.9. The fourth-order valence-electron chi connectivity index (χ4n) is 2.43. The number of aliphatic hydroxyl groups is 1. The van der Waals surface area contributed by atoms with Gasteiger partial charge in [0.15, 0.2) is 0 Å². The average Bonchev–Trinajstić information content (AvgIpc) is 2.40. The van der Waals surface area contributed by atoms with E-state index in [-0.39, 0.29) is 12.0 Å². The molecule has 1 amide bonds. The van der Waals surface area contributed by atoms with Gasteiger partial charge in [0.2, 0.25) is 5.91 Å². The summed E-state index contributed by atoms with van der Waals surface area (Å²) in [7, 11) is 0. The standard InChI is InChI=1S/C15H21NO2/c17-14-9-5-11-16(12-14)15(18)10-4-8-13-6-2-1-3-7-13/h1-3,6-7,14,17H,4-5,8-12H2. The van der Waals surface area contributed by atoms with Gasteiger partial charge in [-0.15, -0.1) is 0 Å². The quantitative estimate of drug-likeness (QED) is 0.884. The van der Waals surface area contributed by atoms with Crippen LogP contribution in [0.1, 0.15) is 31.2 Å². The molecule has 2 rings (SSSR count). The third-order valence-corrected chi connectivity index (χ3v) is 3.45. The lowest BCUT2D eigenvalue weighted by Gasteiger charge is -2.30. The molecule has 1 aromatic carbocycles. The molecule has 98 valence electrons. The molecule has 0 aliphatic carbocycles. The number of carbonyl (C=O) groups excluding carboxylic acids is 1. The van der Waals surface area contributed by atoms with Crippen LogP contribution in [-0.2, 0) is 11.2 Å². The molecule has 0 spiro atoms. The van der Waals surface area contributed by atoms with Crippen molar-refractivity contribution in [2.45, 2.75) is 38.2 Å². The van der Waals surface area contributed by atoms with Crippen LogP contribution in [0.5, 0.6) is 0 Å². The molecule has 3 nitrogen and oxygen atoms in total. The Morgan fingerprint density at radius 3 is 2.83 bits per heavy atom. The number of nitrogens with zero attached hydrogens (tertiary/aromatic N) is 1.